The number of nitrogens with one attached hydrogen (secondary N) is 1. The van der Waals surface area contributed by atoms with Crippen molar-refractivity contribution in [3.63, 3.8) is 0 Å². The molecule has 1 saturated heterocycles. The predicted molar refractivity (Wildman–Crippen MR) is 120 cm³/mol. The maximum Gasteiger partial charge on any atom is 0.241 e. The monoisotopic (exact) mass is 436 g/mol. The van der Waals surface area contributed by atoms with Gasteiger partial charge in [-0.05, 0) is 51.0 Å². The number of fused-ring (bicyclic) bond motifs is 1. The van der Waals surface area contributed by atoms with Crippen LogP contribution in [0.2, 0.25) is 0 Å². The summed E-state index contributed by atoms with van der Waals surface area (Å²) in [6.07, 6.45) is 4.48. The number of carbonyl (C=O) groups excluding carboxylic acids is 1. The Morgan fingerprint density at radius 3 is 2.78 bits per heavy atom. The molecule has 8 heteroatoms. The van der Waals surface area contributed by atoms with Gasteiger partial charge in [0.15, 0.2) is 11.5 Å². The zero-order valence-corrected chi connectivity index (χ0v) is 18.6. The van der Waals surface area contributed by atoms with Gasteiger partial charge in [0, 0.05) is 30.5 Å². The van der Waals surface area contributed by atoms with E-state index in [2.05, 4.69) is 14.9 Å². The number of hydrogen-bond donors (Lipinski definition) is 1. The molecular formula is C24H28N4O4. The number of benzene rings is 1. The van der Waals surface area contributed by atoms with E-state index in [0.717, 1.165) is 35.1 Å². The highest BCUT2D eigenvalue weighted by molar-refractivity contribution is 5.85. The number of ether oxygens (including phenoxy) is 3. The van der Waals surface area contributed by atoms with Crippen molar-refractivity contribution in [2.45, 2.75) is 45.3 Å². The van der Waals surface area contributed by atoms with Crippen LogP contribution in [0.5, 0.6) is 17.4 Å². The molecule has 32 heavy (non-hydrogen) atoms. The van der Waals surface area contributed by atoms with Crippen LogP contribution in [-0.2, 0) is 4.79 Å². The van der Waals surface area contributed by atoms with Crippen LogP contribution >= 0.6 is 0 Å². The molecule has 3 aromatic rings. The molecule has 0 spiro atoms. The summed E-state index contributed by atoms with van der Waals surface area (Å²) in [7, 11) is 1.63. The van der Waals surface area contributed by atoms with Gasteiger partial charge in [0.25, 0.3) is 0 Å². The number of nitrogens with zero attached hydrogens (tertiary/aromatic N) is 3. The van der Waals surface area contributed by atoms with Crippen molar-refractivity contribution in [3.8, 4) is 28.6 Å². The van der Waals surface area contributed by atoms with E-state index in [4.69, 9.17) is 19.2 Å². The quantitative estimate of drug-likeness (QED) is 0.579. The molecular weight excluding hydrogens is 408 g/mol. The first kappa shape index (κ1) is 20.6. The fraction of sp³-hybridized carbons (Fsp3) is 0.458. The average Bonchev–Trinajstić information content (AvgIpc) is 3.39. The van der Waals surface area contributed by atoms with Crippen LogP contribution in [0.3, 0.4) is 0 Å². The molecule has 1 aliphatic carbocycles. The minimum Gasteiger partial charge on any atom is -0.493 e. The van der Waals surface area contributed by atoms with Crippen LogP contribution in [0, 0.1) is 5.92 Å². The number of imidazole rings is 1. The molecule has 2 aromatic heterocycles. The fourth-order valence-electron chi connectivity index (χ4n) is 4.22. The number of rotatable bonds is 8. The van der Waals surface area contributed by atoms with Crippen LogP contribution in [0.1, 0.15) is 39.2 Å². The SMILES string of the molecule is CCOc1ccc(-c2cc3ncn(C4CC4)c3c(O[C@H](C)[C@H]3CNC(=O)C3)n2)cc1OC. The molecule has 0 radical (unpaired) electrons. The standard InChI is InChI=1S/C24H28N4O4/c1-4-31-20-8-5-15(9-21(20)30-3)18-11-19-23(28(13-26-19)17-6-7-17)24(27-18)32-14(2)16-10-22(29)25-12-16/h5,8-9,11,13-14,16-17H,4,6-7,10,12H2,1-3H3,(H,25,29)/t14-,16-/m1/s1. The van der Waals surface area contributed by atoms with Crippen LogP contribution in [0.4, 0.5) is 0 Å². The van der Waals surface area contributed by atoms with Gasteiger partial charge in [0.1, 0.15) is 11.6 Å². The molecule has 1 saturated carbocycles. The van der Waals surface area contributed by atoms with Gasteiger partial charge in [0.2, 0.25) is 11.8 Å². The van der Waals surface area contributed by atoms with E-state index >= 15 is 0 Å². The van der Waals surface area contributed by atoms with Crippen molar-refractivity contribution >= 4 is 16.9 Å². The maximum absolute atomic E-state index is 11.7. The Morgan fingerprint density at radius 2 is 2.09 bits per heavy atom. The summed E-state index contributed by atoms with van der Waals surface area (Å²) in [5.41, 5.74) is 3.40. The lowest BCUT2D eigenvalue weighted by Crippen LogP contribution is -2.26. The zero-order valence-electron chi connectivity index (χ0n) is 18.6. The number of hydrogen-bond acceptors (Lipinski definition) is 6. The Labute approximate surface area is 186 Å². The zero-order chi connectivity index (χ0) is 22.2. The maximum atomic E-state index is 11.7. The van der Waals surface area contributed by atoms with Gasteiger partial charge in [-0.1, -0.05) is 0 Å². The molecule has 0 bridgehead atoms. The van der Waals surface area contributed by atoms with Gasteiger partial charge < -0.3 is 24.1 Å². The molecule has 8 nitrogen and oxygen atoms in total. The number of amides is 1. The van der Waals surface area contributed by atoms with Crippen molar-refractivity contribution in [2.24, 2.45) is 5.92 Å². The van der Waals surface area contributed by atoms with Crippen molar-refractivity contribution in [2.75, 3.05) is 20.3 Å². The molecule has 2 atom stereocenters. The minimum atomic E-state index is -0.155. The van der Waals surface area contributed by atoms with Crippen LogP contribution in [-0.4, -0.2) is 46.8 Å². The first-order valence-corrected chi connectivity index (χ1v) is 11.2. The molecule has 3 heterocycles. The highest BCUT2D eigenvalue weighted by Crippen LogP contribution is 2.41. The summed E-state index contributed by atoms with van der Waals surface area (Å²) in [5, 5.41) is 2.89. The molecule has 1 N–H and O–H groups in total. The van der Waals surface area contributed by atoms with Crippen LogP contribution in [0.25, 0.3) is 22.3 Å². The van der Waals surface area contributed by atoms with Gasteiger partial charge in [-0.3, -0.25) is 4.79 Å². The molecule has 1 amide bonds. The summed E-state index contributed by atoms with van der Waals surface area (Å²) >= 11 is 0. The van der Waals surface area contributed by atoms with E-state index in [1.54, 1.807) is 7.11 Å². The van der Waals surface area contributed by atoms with Crippen molar-refractivity contribution in [1.82, 2.24) is 19.9 Å². The van der Waals surface area contributed by atoms with E-state index in [1.807, 2.05) is 44.4 Å². The van der Waals surface area contributed by atoms with Crippen LogP contribution < -0.4 is 19.5 Å². The van der Waals surface area contributed by atoms with E-state index in [0.29, 0.717) is 43.0 Å². The number of pyridine rings is 1. The lowest BCUT2D eigenvalue weighted by atomic mass is 10.0. The first-order chi connectivity index (χ1) is 15.6. The van der Waals surface area contributed by atoms with E-state index in [1.165, 1.54) is 0 Å². The molecule has 0 unspecified atom stereocenters. The van der Waals surface area contributed by atoms with E-state index in [9.17, 15) is 4.79 Å². The molecule has 1 aromatic carbocycles. The van der Waals surface area contributed by atoms with E-state index < -0.39 is 0 Å². The van der Waals surface area contributed by atoms with Gasteiger partial charge in [-0.15, -0.1) is 0 Å². The summed E-state index contributed by atoms with van der Waals surface area (Å²) in [4.78, 5) is 21.3. The third-order valence-electron chi connectivity index (χ3n) is 6.19. The van der Waals surface area contributed by atoms with Crippen molar-refractivity contribution in [3.05, 3.63) is 30.6 Å². The number of carbonyl (C=O) groups is 1. The smallest absolute Gasteiger partial charge is 0.241 e. The lowest BCUT2D eigenvalue weighted by molar-refractivity contribution is -0.119. The summed E-state index contributed by atoms with van der Waals surface area (Å²) in [5.74, 6) is 2.09. The Morgan fingerprint density at radius 1 is 1.25 bits per heavy atom. The molecule has 1 aliphatic heterocycles. The first-order valence-electron chi connectivity index (χ1n) is 11.2. The highest BCUT2D eigenvalue weighted by Gasteiger charge is 2.31. The summed E-state index contributed by atoms with van der Waals surface area (Å²) in [6.45, 7) is 5.13. The van der Waals surface area contributed by atoms with E-state index in [-0.39, 0.29) is 17.9 Å². The minimum absolute atomic E-state index is 0.0711. The molecule has 2 aliphatic rings. The second kappa shape index (κ2) is 8.33. The van der Waals surface area contributed by atoms with Crippen LogP contribution in [0.15, 0.2) is 30.6 Å². The number of methoxy groups -OCH3 is 1. The highest BCUT2D eigenvalue weighted by atomic mass is 16.5. The summed E-state index contributed by atoms with van der Waals surface area (Å²) in [6, 6.07) is 8.22. The summed E-state index contributed by atoms with van der Waals surface area (Å²) < 4.78 is 19.7. The second-order valence-electron chi connectivity index (χ2n) is 8.45. The normalized spacial score (nSPS) is 19.1. The van der Waals surface area contributed by atoms with Crippen molar-refractivity contribution in [1.29, 1.82) is 0 Å². The molecule has 168 valence electrons. The Bertz CT molecular complexity index is 1150. The molecule has 5 rings (SSSR count). The number of aromatic nitrogens is 3. The second-order valence-corrected chi connectivity index (χ2v) is 8.45. The van der Waals surface area contributed by atoms with Gasteiger partial charge in [-0.25, -0.2) is 9.97 Å². The predicted octanol–water partition coefficient (Wildman–Crippen LogP) is 3.74. The third-order valence-corrected chi connectivity index (χ3v) is 6.19. The van der Waals surface area contributed by atoms with Gasteiger partial charge in [0.05, 0.1) is 31.3 Å². The van der Waals surface area contributed by atoms with Gasteiger partial charge in [-0.2, -0.15) is 0 Å². The molecule has 2 fully saturated rings. The van der Waals surface area contributed by atoms with Gasteiger partial charge >= 0.3 is 0 Å². The van der Waals surface area contributed by atoms with Crippen molar-refractivity contribution < 1.29 is 19.0 Å². The largest absolute Gasteiger partial charge is 0.493 e. The Balaban J connectivity index is 1.55. The Kier molecular flexibility index (Phi) is 5.36. The fourth-order valence-corrected chi connectivity index (χ4v) is 4.22. The lowest BCUT2D eigenvalue weighted by Gasteiger charge is -2.20. The third kappa shape index (κ3) is 3.85. The average molecular weight is 437 g/mol. The Hall–Kier alpha value is -3.29. The topological polar surface area (TPSA) is 87.5 Å².